The normalized spacial score (nSPS) is 14.5. The summed E-state index contributed by atoms with van der Waals surface area (Å²) in [6.45, 7) is 2.24. The van der Waals surface area contributed by atoms with Crippen molar-refractivity contribution < 1.29 is 8.83 Å². The maximum Gasteiger partial charge on any atom is 0.146 e. The molecule has 0 N–H and O–H groups in total. The minimum absolute atomic E-state index is 0.356. The Morgan fingerprint density at radius 3 is 1.81 bits per heavy atom. The van der Waals surface area contributed by atoms with E-state index in [1.165, 1.54) is 54.9 Å². The van der Waals surface area contributed by atoms with Gasteiger partial charge < -0.3 is 8.83 Å². The summed E-state index contributed by atoms with van der Waals surface area (Å²) in [5, 5.41) is 8.14. The monoisotopic (exact) mass is 602 g/mol. The smallest absolute Gasteiger partial charge is 0.146 e. The van der Waals surface area contributed by atoms with Gasteiger partial charge in [0.1, 0.15) is 22.5 Å². The van der Waals surface area contributed by atoms with Crippen molar-refractivity contribution in [3.8, 4) is 33.4 Å². The minimum Gasteiger partial charge on any atom is -0.459 e. The molecule has 2 heterocycles. The van der Waals surface area contributed by atoms with Crippen LogP contribution in [-0.2, 0) is 0 Å². The predicted octanol–water partition coefficient (Wildman–Crippen LogP) is 13.2. The topological polar surface area (TPSA) is 26.3 Å². The molecule has 2 heteroatoms. The third kappa shape index (κ3) is 3.79. The molecule has 1 atom stereocenters. The quantitative estimate of drug-likeness (QED) is 0.188. The van der Waals surface area contributed by atoms with E-state index >= 15 is 0 Å². The molecule has 0 spiro atoms. The van der Waals surface area contributed by atoms with Crippen molar-refractivity contribution in [2.24, 2.45) is 0 Å². The van der Waals surface area contributed by atoms with Crippen LogP contribution in [0.3, 0.4) is 0 Å². The van der Waals surface area contributed by atoms with Crippen molar-refractivity contribution in [2.45, 2.75) is 19.3 Å². The summed E-state index contributed by atoms with van der Waals surface area (Å²) in [4.78, 5) is 0. The maximum absolute atomic E-state index is 6.82. The number of furan rings is 2. The second kappa shape index (κ2) is 10.1. The Morgan fingerprint density at radius 2 is 1.09 bits per heavy atom. The van der Waals surface area contributed by atoms with Gasteiger partial charge in [0.2, 0.25) is 0 Å². The van der Waals surface area contributed by atoms with Crippen LogP contribution in [0.25, 0.3) is 93.9 Å². The van der Waals surface area contributed by atoms with Gasteiger partial charge in [0.15, 0.2) is 0 Å². The first-order valence-electron chi connectivity index (χ1n) is 16.4. The van der Waals surface area contributed by atoms with Gasteiger partial charge in [-0.3, -0.25) is 0 Å². The van der Waals surface area contributed by atoms with Gasteiger partial charge in [0.05, 0.1) is 5.39 Å². The number of fused-ring (bicyclic) bond motifs is 9. The maximum atomic E-state index is 6.82. The molecule has 0 saturated heterocycles. The zero-order chi connectivity index (χ0) is 31.1. The molecule has 2 nitrogen and oxygen atoms in total. The molecule has 0 bridgehead atoms. The lowest BCUT2D eigenvalue weighted by molar-refractivity contribution is 0.505. The largest absolute Gasteiger partial charge is 0.459 e. The SMILES string of the molecule is CC1CC=Cc2c1oc1c2ccc2oc3c(-c4c5ccccc5c(-c5ccccc5-c5ccccc5)c5ccccc45)cccc3c21. The molecule has 0 saturated carbocycles. The summed E-state index contributed by atoms with van der Waals surface area (Å²) in [6.07, 6.45) is 5.48. The van der Waals surface area contributed by atoms with Crippen LogP contribution in [0.4, 0.5) is 0 Å². The van der Waals surface area contributed by atoms with Crippen molar-refractivity contribution in [1.29, 1.82) is 0 Å². The summed E-state index contributed by atoms with van der Waals surface area (Å²) in [5.74, 6) is 1.43. The van der Waals surface area contributed by atoms with Gasteiger partial charge in [-0.25, -0.2) is 0 Å². The fourth-order valence-corrected chi connectivity index (χ4v) is 7.99. The van der Waals surface area contributed by atoms with Crippen molar-refractivity contribution in [2.75, 3.05) is 0 Å². The second-order valence-electron chi connectivity index (χ2n) is 12.8. The van der Waals surface area contributed by atoms with Crippen molar-refractivity contribution in [3.05, 3.63) is 151 Å². The first kappa shape index (κ1) is 26.4. The van der Waals surface area contributed by atoms with Crippen LogP contribution < -0.4 is 0 Å². The number of rotatable bonds is 3. The molecular formula is C45H30O2. The van der Waals surface area contributed by atoms with Crippen LogP contribution in [0.2, 0.25) is 0 Å². The summed E-state index contributed by atoms with van der Waals surface area (Å²) in [7, 11) is 0. The molecule has 2 aromatic heterocycles. The minimum atomic E-state index is 0.356. The van der Waals surface area contributed by atoms with Crippen LogP contribution in [0, 0.1) is 0 Å². The number of hydrogen-bond acceptors (Lipinski definition) is 2. The van der Waals surface area contributed by atoms with Gasteiger partial charge in [-0.2, -0.15) is 0 Å². The highest BCUT2D eigenvalue weighted by Crippen LogP contribution is 2.49. The molecule has 9 aromatic rings. The first-order valence-corrected chi connectivity index (χ1v) is 16.4. The van der Waals surface area contributed by atoms with Gasteiger partial charge >= 0.3 is 0 Å². The molecule has 0 radical (unpaired) electrons. The Labute approximate surface area is 272 Å². The number of benzene rings is 7. The van der Waals surface area contributed by atoms with Crippen LogP contribution in [0.15, 0.2) is 148 Å². The average Bonchev–Trinajstić information content (AvgIpc) is 3.70. The van der Waals surface area contributed by atoms with E-state index in [4.69, 9.17) is 8.83 Å². The lowest BCUT2D eigenvalue weighted by Crippen LogP contribution is -1.95. The second-order valence-corrected chi connectivity index (χ2v) is 12.8. The fraction of sp³-hybridized carbons (Fsp3) is 0.0667. The van der Waals surface area contributed by atoms with E-state index < -0.39 is 0 Å². The van der Waals surface area contributed by atoms with Crippen molar-refractivity contribution in [3.63, 3.8) is 0 Å². The molecule has 10 rings (SSSR count). The summed E-state index contributed by atoms with van der Waals surface area (Å²) in [5.41, 5.74) is 11.1. The van der Waals surface area contributed by atoms with Crippen LogP contribution in [0.1, 0.15) is 30.6 Å². The van der Waals surface area contributed by atoms with E-state index in [1.54, 1.807) is 0 Å². The zero-order valence-corrected chi connectivity index (χ0v) is 26.0. The molecule has 0 amide bonds. The molecule has 7 aromatic carbocycles. The number of para-hydroxylation sites is 1. The van der Waals surface area contributed by atoms with Crippen LogP contribution in [0.5, 0.6) is 0 Å². The zero-order valence-electron chi connectivity index (χ0n) is 26.0. The van der Waals surface area contributed by atoms with E-state index in [0.717, 1.165) is 50.7 Å². The summed E-state index contributed by atoms with van der Waals surface area (Å²) < 4.78 is 13.5. The molecular weight excluding hydrogens is 572 g/mol. The van der Waals surface area contributed by atoms with Gasteiger partial charge in [0.25, 0.3) is 0 Å². The molecule has 222 valence electrons. The Morgan fingerprint density at radius 1 is 0.489 bits per heavy atom. The molecule has 1 aliphatic carbocycles. The first-order chi connectivity index (χ1) is 23.3. The summed E-state index contributed by atoms with van der Waals surface area (Å²) in [6, 6.07) is 48.0. The Balaban J connectivity index is 1.30. The van der Waals surface area contributed by atoms with Crippen molar-refractivity contribution >= 4 is 60.5 Å². The summed E-state index contributed by atoms with van der Waals surface area (Å²) >= 11 is 0. The molecule has 1 aliphatic rings. The van der Waals surface area contributed by atoms with E-state index in [1.807, 2.05) is 0 Å². The average molecular weight is 603 g/mol. The Kier molecular flexibility index (Phi) is 5.65. The van der Waals surface area contributed by atoms with Gasteiger partial charge in [-0.1, -0.05) is 140 Å². The van der Waals surface area contributed by atoms with Gasteiger partial charge in [-0.05, 0) is 62.4 Å². The highest BCUT2D eigenvalue weighted by molar-refractivity contribution is 6.26. The molecule has 0 aliphatic heterocycles. The van der Waals surface area contributed by atoms with Gasteiger partial charge in [-0.15, -0.1) is 0 Å². The highest BCUT2D eigenvalue weighted by Gasteiger charge is 2.25. The van der Waals surface area contributed by atoms with E-state index in [2.05, 4.69) is 153 Å². The Hall–Kier alpha value is -5.86. The predicted molar refractivity (Wildman–Crippen MR) is 197 cm³/mol. The third-order valence-corrected chi connectivity index (χ3v) is 10.1. The van der Waals surface area contributed by atoms with E-state index in [0.29, 0.717) is 5.92 Å². The number of hydrogen-bond donors (Lipinski definition) is 0. The third-order valence-electron chi connectivity index (χ3n) is 10.1. The van der Waals surface area contributed by atoms with Gasteiger partial charge in [0, 0.05) is 33.4 Å². The van der Waals surface area contributed by atoms with Crippen LogP contribution >= 0.6 is 0 Å². The van der Waals surface area contributed by atoms with Crippen molar-refractivity contribution in [1.82, 2.24) is 0 Å². The van der Waals surface area contributed by atoms with Crippen LogP contribution in [-0.4, -0.2) is 0 Å². The highest BCUT2D eigenvalue weighted by atomic mass is 16.3. The standard InChI is InChI=1S/C45H30O2/c1-27-13-11-22-35-36-25-26-39-42(45(36)47-43(27)35)38-24-12-23-37(44(38)46-39)41-33-20-9-7-18-31(33)40(32-19-8-10-21-34(32)41)30-17-6-5-16-29(30)28-14-3-2-4-15-28/h2-12,14-27H,13H2,1H3. The van der Waals surface area contributed by atoms with E-state index in [9.17, 15) is 0 Å². The molecule has 47 heavy (non-hydrogen) atoms. The Bertz CT molecular complexity index is 2660. The lowest BCUT2D eigenvalue weighted by Gasteiger charge is -2.19. The molecule has 1 unspecified atom stereocenters. The number of allylic oxidation sites excluding steroid dienone is 1. The fourth-order valence-electron chi connectivity index (χ4n) is 7.99. The van der Waals surface area contributed by atoms with E-state index in [-0.39, 0.29) is 0 Å². The lowest BCUT2D eigenvalue weighted by atomic mass is 9.83. The molecule has 0 fully saturated rings.